The molecule has 0 radical (unpaired) electrons. The summed E-state index contributed by atoms with van der Waals surface area (Å²) >= 11 is 5.05. The highest BCUT2D eigenvalue weighted by Crippen LogP contribution is 2.12. The molecule has 0 spiro atoms. The van der Waals surface area contributed by atoms with Crippen molar-refractivity contribution >= 4 is 40.4 Å². The molecule has 1 amide bonds. The molecule has 4 rings (SSSR count). The highest BCUT2D eigenvalue weighted by molar-refractivity contribution is 7.80. The van der Waals surface area contributed by atoms with E-state index in [1.807, 2.05) is 36.4 Å². The summed E-state index contributed by atoms with van der Waals surface area (Å²) in [5.74, 6) is 0.0445. The maximum absolute atomic E-state index is 13.0. The molecule has 7 nitrogen and oxygen atoms in total. The summed E-state index contributed by atoms with van der Waals surface area (Å²) in [6.45, 7) is 0.104. The topological polar surface area (TPSA) is 79.6 Å². The highest BCUT2D eigenvalue weighted by Gasteiger charge is 2.24. The number of para-hydroxylation sites is 2. The average molecular weight is 363 g/mol. The molecule has 2 aromatic carbocycles. The Balaban J connectivity index is 1.91. The van der Waals surface area contributed by atoms with Gasteiger partial charge in [-0.1, -0.05) is 30.3 Å². The van der Waals surface area contributed by atoms with Crippen LogP contribution in [0.4, 0.5) is 0 Å². The number of benzene rings is 2. The van der Waals surface area contributed by atoms with Gasteiger partial charge in [0, 0.05) is 0 Å². The summed E-state index contributed by atoms with van der Waals surface area (Å²) in [5, 5.41) is 8.69. The molecule has 0 unspecified atom stereocenters. The van der Waals surface area contributed by atoms with Gasteiger partial charge in [0.1, 0.15) is 0 Å². The van der Waals surface area contributed by atoms with E-state index in [1.54, 1.807) is 18.2 Å². The van der Waals surface area contributed by atoms with E-state index in [2.05, 4.69) is 15.4 Å². The largest absolute Gasteiger partial charge is 0.352 e. The molecule has 1 aromatic heterocycles. The zero-order valence-electron chi connectivity index (χ0n) is 13.5. The fourth-order valence-electron chi connectivity index (χ4n) is 2.70. The lowest BCUT2D eigenvalue weighted by Gasteiger charge is -2.12. The third-order valence-corrected chi connectivity index (χ3v) is 4.24. The van der Waals surface area contributed by atoms with E-state index in [9.17, 15) is 9.59 Å². The van der Waals surface area contributed by atoms with E-state index < -0.39 is 0 Å². The van der Waals surface area contributed by atoms with Gasteiger partial charge in [-0.2, -0.15) is 10.1 Å². The molecule has 26 heavy (non-hydrogen) atoms. The molecule has 1 N–H and O–H groups in total. The summed E-state index contributed by atoms with van der Waals surface area (Å²) in [7, 11) is 0. The number of carbonyl (C=O) groups is 1. The molecule has 0 bridgehead atoms. The number of nitrogens with zero attached hydrogens (tertiary/aromatic N) is 4. The smallest absolute Gasteiger partial charge is 0.268 e. The summed E-state index contributed by atoms with van der Waals surface area (Å²) < 4.78 is 1.46. The third kappa shape index (κ3) is 2.76. The van der Waals surface area contributed by atoms with Crippen LogP contribution in [0.5, 0.6) is 0 Å². The SMILES string of the molecule is O=C1CNC(=S)N1/N=C\c1nc2ccccc2c(=O)n1-c1ccccc1. The second-order valence-corrected chi connectivity index (χ2v) is 5.96. The minimum atomic E-state index is -0.263. The molecule has 2 heterocycles. The number of nitrogens with one attached hydrogen (secondary N) is 1. The molecule has 1 saturated heterocycles. The molecule has 1 aliphatic rings. The van der Waals surface area contributed by atoms with E-state index in [0.29, 0.717) is 22.4 Å². The number of hydrogen-bond donors (Lipinski definition) is 1. The maximum Gasteiger partial charge on any atom is 0.268 e. The van der Waals surface area contributed by atoms with E-state index >= 15 is 0 Å². The second-order valence-electron chi connectivity index (χ2n) is 5.57. The average Bonchev–Trinajstić information content (AvgIpc) is 2.99. The minimum absolute atomic E-state index is 0.104. The van der Waals surface area contributed by atoms with Gasteiger partial charge < -0.3 is 5.32 Å². The summed E-state index contributed by atoms with van der Waals surface area (Å²) in [5.41, 5.74) is 1.00. The Morgan fingerprint density at radius 1 is 1.08 bits per heavy atom. The standard InChI is InChI=1S/C18H13N5O2S/c24-16-11-19-18(26)23(16)20-10-15-21-14-9-5-4-8-13(14)17(25)22(15)12-6-2-1-3-7-12/h1-10H,11H2,(H,19,26)/b20-10-. The second kappa shape index (κ2) is 6.49. The van der Waals surface area contributed by atoms with Crippen LogP contribution >= 0.6 is 12.2 Å². The van der Waals surface area contributed by atoms with Crippen molar-refractivity contribution in [3.05, 3.63) is 70.8 Å². The van der Waals surface area contributed by atoms with E-state index in [1.165, 1.54) is 10.8 Å². The Morgan fingerprint density at radius 2 is 1.81 bits per heavy atom. The van der Waals surface area contributed by atoms with Crippen LogP contribution in [0.3, 0.4) is 0 Å². The molecule has 128 valence electrons. The first kappa shape index (κ1) is 16.1. The Morgan fingerprint density at radius 3 is 2.54 bits per heavy atom. The number of hydrogen-bond acceptors (Lipinski definition) is 5. The van der Waals surface area contributed by atoms with Crippen molar-refractivity contribution in [1.82, 2.24) is 19.9 Å². The van der Waals surface area contributed by atoms with Crippen molar-refractivity contribution in [2.45, 2.75) is 0 Å². The monoisotopic (exact) mass is 363 g/mol. The Bertz CT molecular complexity index is 1090. The van der Waals surface area contributed by atoms with Crippen molar-refractivity contribution in [3.63, 3.8) is 0 Å². The van der Waals surface area contributed by atoms with Gasteiger partial charge in [0.15, 0.2) is 10.9 Å². The van der Waals surface area contributed by atoms with Crippen molar-refractivity contribution in [2.24, 2.45) is 5.10 Å². The molecule has 1 aliphatic heterocycles. The van der Waals surface area contributed by atoms with Crippen LogP contribution in [-0.4, -0.2) is 38.3 Å². The number of aromatic nitrogens is 2. The number of fused-ring (bicyclic) bond motifs is 1. The lowest BCUT2D eigenvalue weighted by atomic mass is 10.2. The van der Waals surface area contributed by atoms with Crippen LogP contribution in [0, 0.1) is 0 Å². The number of amides is 1. The maximum atomic E-state index is 13.0. The van der Waals surface area contributed by atoms with Gasteiger partial charge in [0.2, 0.25) is 0 Å². The van der Waals surface area contributed by atoms with Gasteiger partial charge in [-0.3, -0.25) is 14.2 Å². The molecular formula is C18H13N5O2S. The molecule has 3 aromatic rings. The van der Waals surface area contributed by atoms with Crippen LogP contribution in [0.1, 0.15) is 5.82 Å². The lowest BCUT2D eigenvalue weighted by molar-refractivity contribution is -0.124. The zero-order valence-corrected chi connectivity index (χ0v) is 14.3. The molecule has 0 aliphatic carbocycles. The zero-order chi connectivity index (χ0) is 18.1. The molecule has 0 atom stereocenters. The molecule has 8 heteroatoms. The number of thiocarbonyl (C=S) groups is 1. The van der Waals surface area contributed by atoms with Gasteiger partial charge >= 0.3 is 0 Å². The first-order valence-electron chi connectivity index (χ1n) is 7.87. The van der Waals surface area contributed by atoms with Crippen LogP contribution in [0.25, 0.3) is 16.6 Å². The predicted molar refractivity (Wildman–Crippen MR) is 102 cm³/mol. The Kier molecular flexibility index (Phi) is 4.02. The number of carbonyl (C=O) groups excluding carboxylic acids is 1. The van der Waals surface area contributed by atoms with Crippen LogP contribution in [0.2, 0.25) is 0 Å². The van der Waals surface area contributed by atoms with E-state index in [-0.39, 0.29) is 23.1 Å². The van der Waals surface area contributed by atoms with Crippen LogP contribution < -0.4 is 10.9 Å². The lowest BCUT2D eigenvalue weighted by Crippen LogP contribution is -2.27. The van der Waals surface area contributed by atoms with Crippen molar-refractivity contribution in [2.75, 3.05) is 6.54 Å². The van der Waals surface area contributed by atoms with Gasteiger partial charge in [0.25, 0.3) is 11.5 Å². The van der Waals surface area contributed by atoms with Crippen molar-refractivity contribution < 1.29 is 4.79 Å². The predicted octanol–water partition coefficient (Wildman–Crippen LogP) is 1.44. The van der Waals surface area contributed by atoms with Gasteiger partial charge in [-0.05, 0) is 36.5 Å². The van der Waals surface area contributed by atoms with E-state index in [4.69, 9.17) is 12.2 Å². The fourth-order valence-corrected chi connectivity index (χ4v) is 2.92. The van der Waals surface area contributed by atoms with Gasteiger partial charge in [-0.25, -0.2) is 4.98 Å². The van der Waals surface area contributed by atoms with Gasteiger partial charge in [0.05, 0.1) is 29.3 Å². The quantitative estimate of drug-likeness (QED) is 0.563. The molecule has 0 saturated carbocycles. The van der Waals surface area contributed by atoms with Gasteiger partial charge in [-0.15, -0.1) is 0 Å². The first-order valence-corrected chi connectivity index (χ1v) is 8.28. The third-order valence-electron chi connectivity index (χ3n) is 3.92. The summed E-state index contributed by atoms with van der Waals surface area (Å²) in [4.78, 5) is 29.4. The molecular weight excluding hydrogens is 350 g/mol. The van der Waals surface area contributed by atoms with E-state index in [0.717, 1.165) is 5.01 Å². The minimum Gasteiger partial charge on any atom is -0.352 e. The van der Waals surface area contributed by atoms with Crippen LogP contribution in [-0.2, 0) is 4.79 Å². The fraction of sp³-hybridized carbons (Fsp3) is 0.0556. The van der Waals surface area contributed by atoms with Crippen LogP contribution in [0.15, 0.2) is 64.5 Å². The highest BCUT2D eigenvalue weighted by atomic mass is 32.1. The Labute approximate surface area is 153 Å². The number of hydrazone groups is 1. The number of rotatable bonds is 3. The van der Waals surface area contributed by atoms with Crippen molar-refractivity contribution in [1.29, 1.82) is 0 Å². The summed E-state index contributed by atoms with van der Waals surface area (Å²) in [6.07, 6.45) is 1.37. The van der Waals surface area contributed by atoms with Crippen molar-refractivity contribution in [3.8, 4) is 5.69 Å². The normalized spacial score (nSPS) is 14.4. The summed E-state index contributed by atoms with van der Waals surface area (Å²) in [6, 6.07) is 16.2. The Hall–Kier alpha value is -3.39. The first-order chi connectivity index (χ1) is 12.6. The molecule has 1 fully saturated rings.